The molecule has 4 nitrogen and oxygen atoms in total. The van der Waals surface area contributed by atoms with Crippen LogP contribution in [-0.2, 0) is 11.4 Å². The highest BCUT2D eigenvalue weighted by Gasteiger charge is 2.11. The van der Waals surface area contributed by atoms with E-state index in [1.54, 1.807) is 6.92 Å². The summed E-state index contributed by atoms with van der Waals surface area (Å²) in [5, 5.41) is 2.83. The molecule has 0 saturated carbocycles. The normalized spacial score (nSPS) is 11.8. The Hall–Kier alpha value is -2.33. The average Bonchev–Trinajstić information content (AvgIpc) is 2.49. The number of hydrogen-bond acceptors (Lipinski definition) is 3. The summed E-state index contributed by atoms with van der Waals surface area (Å²) >= 11 is 0. The summed E-state index contributed by atoms with van der Waals surface area (Å²) in [6, 6.07) is 14.8. The second kappa shape index (κ2) is 6.90. The number of hydrogen-bond donors (Lipinski definition) is 2. The van der Waals surface area contributed by atoms with Crippen LogP contribution in [0.3, 0.4) is 0 Å². The van der Waals surface area contributed by atoms with Crippen molar-refractivity contribution in [2.45, 2.75) is 26.5 Å². The van der Waals surface area contributed by atoms with Gasteiger partial charge in [-0.2, -0.15) is 0 Å². The van der Waals surface area contributed by atoms with Crippen LogP contribution in [0.25, 0.3) is 0 Å². The maximum atomic E-state index is 11.7. The van der Waals surface area contributed by atoms with Crippen LogP contribution < -0.4 is 15.8 Å². The van der Waals surface area contributed by atoms with Gasteiger partial charge in [-0.1, -0.05) is 30.3 Å². The molecule has 2 rings (SSSR count). The molecular weight excluding hydrogens is 264 g/mol. The minimum atomic E-state index is -0.534. The Morgan fingerprint density at radius 1 is 1.19 bits per heavy atom. The Morgan fingerprint density at radius 2 is 1.90 bits per heavy atom. The number of benzene rings is 2. The summed E-state index contributed by atoms with van der Waals surface area (Å²) in [5.41, 5.74) is 8.36. The zero-order chi connectivity index (χ0) is 15.2. The second-order valence-electron chi connectivity index (χ2n) is 4.97. The van der Waals surface area contributed by atoms with Crippen LogP contribution in [0.2, 0.25) is 0 Å². The standard InChI is InChI=1S/C17H20N2O2/c1-12-14(11-21-15-8-4-3-5-9-15)7-6-10-16(12)19-17(20)13(2)18/h3-10,13H,11,18H2,1-2H3,(H,19,20)/t13-/m1/s1. The Kier molecular flexibility index (Phi) is 4.95. The van der Waals surface area contributed by atoms with E-state index >= 15 is 0 Å². The van der Waals surface area contributed by atoms with Crippen molar-refractivity contribution in [1.29, 1.82) is 0 Å². The molecular formula is C17H20N2O2. The van der Waals surface area contributed by atoms with Gasteiger partial charge in [0.1, 0.15) is 12.4 Å². The number of carbonyl (C=O) groups excluding carboxylic acids is 1. The van der Waals surface area contributed by atoms with E-state index in [0.29, 0.717) is 6.61 Å². The fourth-order valence-corrected chi connectivity index (χ4v) is 1.90. The van der Waals surface area contributed by atoms with E-state index in [1.807, 2.05) is 55.5 Å². The van der Waals surface area contributed by atoms with Crippen molar-refractivity contribution in [1.82, 2.24) is 0 Å². The van der Waals surface area contributed by atoms with Crippen molar-refractivity contribution in [2.24, 2.45) is 5.73 Å². The smallest absolute Gasteiger partial charge is 0.241 e. The fourth-order valence-electron chi connectivity index (χ4n) is 1.90. The first-order valence-corrected chi connectivity index (χ1v) is 6.90. The minimum absolute atomic E-state index is 0.195. The average molecular weight is 284 g/mol. The molecule has 1 amide bonds. The second-order valence-corrected chi connectivity index (χ2v) is 4.97. The van der Waals surface area contributed by atoms with Crippen molar-refractivity contribution >= 4 is 11.6 Å². The first kappa shape index (κ1) is 15.1. The number of nitrogens with one attached hydrogen (secondary N) is 1. The van der Waals surface area contributed by atoms with Gasteiger partial charge in [-0.05, 0) is 43.2 Å². The molecule has 4 heteroatoms. The molecule has 110 valence electrons. The van der Waals surface area contributed by atoms with Crippen molar-refractivity contribution < 1.29 is 9.53 Å². The number of anilines is 1. The molecule has 2 aromatic carbocycles. The summed E-state index contributed by atoms with van der Waals surface area (Å²) < 4.78 is 5.74. The van der Waals surface area contributed by atoms with Gasteiger partial charge in [-0.15, -0.1) is 0 Å². The van der Waals surface area contributed by atoms with E-state index in [-0.39, 0.29) is 5.91 Å². The Labute approximate surface area is 124 Å². The predicted molar refractivity (Wildman–Crippen MR) is 84.2 cm³/mol. The third kappa shape index (κ3) is 4.07. The zero-order valence-electron chi connectivity index (χ0n) is 12.3. The fraction of sp³-hybridized carbons (Fsp3) is 0.235. The van der Waals surface area contributed by atoms with Crippen LogP contribution >= 0.6 is 0 Å². The molecule has 0 heterocycles. The maximum absolute atomic E-state index is 11.7. The summed E-state index contributed by atoms with van der Waals surface area (Å²) in [6.07, 6.45) is 0. The number of carbonyl (C=O) groups is 1. The van der Waals surface area contributed by atoms with E-state index in [2.05, 4.69) is 5.32 Å². The monoisotopic (exact) mass is 284 g/mol. The molecule has 0 aliphatic heterocycles. The van der Waals surface area contributed by atoms with E-state index in [1.165, 1.54) is 0 Å². The molecule has 0 saturated heterocycles. The van der Waals surface area contributed by atoms with Gasteiger partial charge in [-0.25, -0.2) is 0 Å². The van der Waals surface area contributed by atoms with Gasteiger partial charge in [0.05, 0.1) is 6.04 Å². The minimum Gasteiger partial charge on any atom is -0.489 e. The van der Waals surface area contributed by atoms with Crippen molar-refractivity contribution in [2.75, 3.05) is 5.32 Å². The first-order chi connectivity index (χ1) is 10.1. The van der Waals surface area contributed by atoms with E-state index in [9.17, 15) is 4.79 Å². The van der Waals surface area contributed by atoms with E-state index in [0.717, 1.165) is 22.6 Å². The summed E-state index contributed by atoms with van der Waals surface area (Å²) in [4.78, 5) is 11.7. The Bertz CT molecular complexity index is 609. The lowest BCUT2D eigenvalue weighted by molar-refractivity contribution is -0.117. The largest absolute Gasteiger partial charge is 0.489 e. The molecule has 3 N–H and O–H groups in total. The molecule has 2 aromatic rings. The predicted octanol–water partition coefficient (Wildman–Crippen LogP) is 2.86. The number of ether oxygens (including phenoxy) is 1. The number of rotatable bonds is 5. The van der Waals surface area contributed by atoms with Crippen LogP contribution in [0, 0.1) is 6.92 Å². The van der Waals surface area contributed by atoms with Gasteiger partial charge >= 0.3 is 0 Å². The van der Waals surface area contributed by atoms with Crippen molar-refractivity contribution in [3.05, 3.63) is 59.7 Å². The highest BCUT2D eigenvalue weighted by atomic mass is 16.5. The first-order valence-electron chi connectivity index (χ1n) is 6.90. The zero-order valence-corrected chi connectivity index (χ0v) is 12.3. The highest BCUT2D eigenvalue weighted by molar-refractivity contribution is 5.95. The van der Waals surface area contributed by atoms with Crippen LogP contribution in [0.4, 0.5) is 5.69 Å². The van der Waals surface area contributed by atoms with Crippen LogP contribution in [-0.4, -0.2) is 11.9 Å². The maximum Gasteiger partial charge on any atom is 0.241 e. The van der Waals surface area contributed by atoms with Gasteiger partial charge in [0, 0.05) is 5.69 Å². The van der Waals surface area contributed by atoms with Gasteiger partial charge < -0.3 is 15.8 Å². The molecule has 0 fully saturated rings. The third-order valence-corrected chi connectivity index (χ3v) is 3.25. The van der Waals surface area contributed by atoms with Crippen molar-refractivity contribution in [3.8, 4) is 5.75 Å². The van der Waals surface area contributed by atoms with Crippen molar-refractivity contribution in [3.63, 3.8) is 0 Å². The summed E-state index contributed by atoms with van der Waals surface area (Å²) in [5.74, 6) is 0.626. The molecule has 0 aliphatic rings. The quantitative estimate of drug-likeness (QED) is 0.887. The van der Waals surface area contributed by atoms with Gasteiger partial charge in [0.15, 0.2) is 0 Å². The molecule has 0 aromatic heterocycles. The molecule has 0 bridgehead atoms. The molecule has 0 radical (unpaired) electrons. The van der Waals surface area contributed by atoms with E-state index < -0.39 is 6.04 Å². The van der Waals surface area contributed by atoms with Gasteiger partial charge in [-0.3, -0.25) is 4.79 Å². The molecule has 21 heavy (non-hydrogen) atoms. The molecule has 1 atom stereocenters. The Balaban J connectivity index is 2.09. The number of nitrogens with two attached hydrogens (primary N) is 1. The number of amides is 1. The molecule has 0 unspecified atom stereocenters. The lowest BCUT2D eigenvalue weighted by Crippen LogP contribution is -2.32. The van der Waals surface area contributed by atoms with Crippen LogP contribution in [0.5, 0.6) is 5.75 Å². The lowest BCUT2D eigenvalue weighted by atomic mass is 10.1. The molecule has 0 spiro atoms. The van der Waals surface area contributed by atoms with Gasteiger partial charge in [0.25, 0.3) is 0 Å². The Morgan fingerprint density at radius 3 is 2.57 bits per heavy atom. The topological polar surface area (TPSA) is 64.3 Å². The lowest BCUT2D eigenvalue weighted by Gasteiger charge is -2.14. The SMILES string of the molecule is Cc1c(COc2ccccc2)cccc1NC(=O)[C@@H](C)N. The highest BCUT2D eigenvalue weighted by Crippen LogP contribution is 2.21. The molecule has 0 aliphatic carbocycles. The van der Waals surface area contributed by atoms with E-state index in [4.69, 9.17) is 10.5 Å². The number of para-hydroxylation sites is 1. The summed E-state index contributed by atoms with van der Waals surface area (Å²) in [6.45, 7) is 4.07. The van der Waals surface area contributed by atoms with Crippen LogP contribution in [0.1, 0.15) is 18.1 Å². The third-order valence-electron chi connectivity index (χ3n) is 3.25. The van der Waals surface area contributed by atoms with Gasteiger partial charge in [0.2, 0.25) is 5.91 Å². The van der Waals surface area contributed by atoms with Crippen LogP contribution in [0.15, 0.2) is 48.5 Å². The summed E-state index contributed by atoms with van der Waals surface area (Å²) in [7, 11) is 0.